The molecule has 2 saturated heterocycles. The highest BCUT2D eigenvalue weighted by atomic mass is 16.6. The summed E-state index contributed by atoms with van der Waals surface area (Å²) < 4.78 is 17.1. The second-order valence-corrected chi connectivity index (χ2v) is 7.23. The molecule has 2 heterocycles. The maximum absolute atomic E-state index is 12.5. The number of nitrogens with zero attached hydrogens (tertiary/aromatic N) is 1. The number of amides is 1. The van der Waals surface area contributed by atoms with Gasteiger partial charge in [0, 0.05) is 31.7 Å². The van der Waals surface area contributed by atoms with Crippen LogP contribution in [0.5, 0.6) is 0 Å². The zero-order valence-corrected chi connectivity index (χ0v) is 14.6. The van der Waals surface area contributed by atoms with Gasteiger partial charge in [-0.1, -0.05) is 24.3 Å². The molecule has 3 atom stereocenters. The molecule has 0 aromatic carbocycles. The predicted octanol–water partition coefficient (Wildman–Crippen LogP) is 0.740. The van der Waals surface area contributed by atoms with E-state index in [1.807, 2.05) is 24.3 Å². The van der Waals surface area contributed by atoms with Gasteiger partial charge in [-0.15, -0.1) is 0 Å². The molecule has 2 fully saturated rings. The van der Waals surface area contributed by atoms with Gasteiger partial charge in [0.05, 0.1) is 6.61 Å². The molecule has 6 nitrogen and oxygen atoms in total. The molecule has 0 aromatic rings. The summed E-state index contributed by atoms with van der Waals surface area (Å²) in [6.45, 7) is 3.41. The van der Waals surface area contributed by atoms with Crippen molar-refractivity contribution in [2.45, 2.75) is 31.2 Å². The van der Waals surface area contributed by atoms with Crippen molar-refractivity contribution in [3.05, 3.63) is 24.3 Å². The van der Waals surface area contributed by atoms with E-state index >= 15 is 0 Å². The SMILES string of the molecule is CN(C)CC1(CNC(=O)C2COC3C=CC=CC3O2)CCOCC1. The highest BCUT2D eigenvalue weighted by Crippen LogP contribution is 2.30. The predicted molar refractivity (Wildman–Crippen MR) is 90.7 cm³/mol. The third-order valence-corrected chi connectivity index (χ3v) is 4.93. The Kier molecular flexibility index (Phi) is 5.71. The van der Waals surface area contributed by atoms with Gasteiger partial charge in [0.25, 0.3) is 5.91 Å². The first-order chi connectivity index (χ1) is 11.6. The van der Waals surface area contributed by atoms with Crippen molar-refractivity contribution in [2.75, 3.05) is 47.0 Å². The lowest BCUT2D eigenvalue weighted by molar-refractivity contribution is -0.168. The normalized spacial score (nSPS) is 31.7. The molecule has 134 valence electrons. The topological polar surface area (TPSA) is 60.0 Å². The van der Waals surface area contributed by atoms with Crippen LogP contribution < -0.4 is 5.32 Å². The molecule has 0 saturated carbocycles. The van der Waals surface area contributed by atoms with Gasteiger partial charge >= 0.3 is 0 Å². The highest BCUT2D eigenvalue weighted by molar-refractivity contribution is 5.81. The quantitative estimate of drug-likeness (QED) is 0.802. The van der Waals surface area contributed by atoms with Crippen LogP contribution in [-0.4, -0.2) is 76.1 Å². The number of fused-ring (bicyclic) bond motifs is 1. The molecule has 0 aromatic heterocycles. The number of ether oxygens (including phenoxy) is 3. The Morgan fingerprint density at radius 3 is 2.62 bits per heavy atom. The van der Waals surface area contributed by atoms with Crippen LogP contribution >= 0.6 is 0 Å². The number of hydrogen-bond donors (Lipinski definition) is 1. The molecule has 24 heavy (non-hydrogen) atoms. The summed E-state index contributed by atoms with van der Waals surface area (Å²) in [6.07, 6.45) is 8.92. The second-order valence-electron chi connectivity index (χ2n) is 7.23. The van der Waals surface area contributed by atoms with Crippen LogP contribution in [0.25, 0.3) is 0 Å². The molecular formula is C18H28N2O4. The molecule has 1 N–H and O–H groups in total. The second kappa shape index (κ2) is 7.78. The van der Waals surface area contributed by atoms with Gasteiger partial charge in [0.15, 0.2) is 6.10 Å². The van der Waals surface area contributed by atoms with Crippen LogP contribution in [0.3, 0.4) is 0 Å². The Hall–Kier alpha value is -1.21. The minimum absolute atomic E-state index is 0.0724. The summed E-state index contributed by atoms with van der Waals surface area (Å²) in [4.78, 5) is 14.7. The highest BCUT2D eigenvalue weighted by Gasteiger charge is 2.37. The molecule has 2 aliphatic heterocycles. The largest absolute Gasteiger partial charge is 0.381 e. The van der Waals surface area contributed by atoms with Crippen molar-refractivity contribution < 1.29 is 19.0 Å². The van der Waals surface area contributed by atoms with E-state index in [1.165, 1.54) is 0 Å². The maximum atomic E-state index is 12.5. The number of hydrogen-bond acceptors (Lipinski definition) is 5. The van der Waals surface area contributed by atoms with Gasteiger partial charge in [0.2, 0.25) is 0 Å². The Balaban J connectivity index is 1.54. The minimum atomic E-state index is -0.543. The third kappa shape index (κ3) is 4.25. The summed E-state index contributed by atoms with van der Waals surface area (Å²) >= 11 is 0. The third-order valence-electron chi connectivity index (χ3n) is 4.93. The van der Waals surface area contributed by atoms with Crippen LogP contribution in [-0.2, 0) is 19.0 Å². The van der Waals surface area contributed by atoms with Gasteiger partial charge in [-0.2, -0.15) is 0 Å². The zero-order chi connectivity index (χ0) is 17.0. The molecule has 0 radical (unpaired) electrons. The average Bonchev–Trinajstić information content (AvgIpc) is 2.59. The molecule has 1 aliphatic carbocycles. The molecule has 0 bridgehead atoms. The Morgan fingerprint density at radius 2 is 1.92 bits per heavy atom. The van der Waals surface area contributed by atoms with Crippen molar-refractivity contribution in [1.82, 2.24) is 10.2 Å². The number of carbonyl (C=O) groups is 1. The fraction of sp³-hybridized carbons (Fsp3) is 0.722. The lowest BCUT2D eigenvalue weighted by Gasteiger charge is -2.40. The maximum Gasteiger partial charge on any atom is 0.251 e. The van der Waals surface area contributed by atoms with Gasteiger partial charge in [-0.3, -0.25) is 4.79 Å². The Bertz CT molecular complexity index is 497. The standard InChI is InChI=1S/C18H28N2O4/c1-20(2)13-18(7-9-22-10-8-18)12-19-17(21)16-11-23-14-5-3-4-6-15(14)24-16/h3-6,14-16H,7-13H2,1-2H3,(H,19,21). The summed E-state index contributed by atoms with van der Waals surface area (Å²) in [5.41, 5.74) is 0.0724. The number of allylic oxidation sites excluding steroid dienone is 2. The molecule has 0 spiro atoms. The van der Waals surface area contributed by atoms with Crippen LogP contribution in [0.15, 0.2) is 24.3 Å². The number of rotatable bonds is 5. The number of carbonyl (C=O) groups excluding carboxylic acids is 1. The van der Waals surface area contributed by atoms with E-state index in [0.717, 1.165) is 32.6 Å². The summed E-state index contributed by atoms with van der Waals surface area (Å²) in [7, 11) is 4.14. The van der Waals surface area contributed by atoms with Crippen LogP contribution in [0.2, 0.25) is 0 Å². The zero-order valence-electron chi connectivity index (χ0n) is 14.6. The van der Waals surface area contributed by atoms with Gasteiger partial charge in [0.1, 0.15) is 12.2 Å². The van der Waals surface area contributed by atoms with Gasteiger partial charge in [-0.05, 0) is 26.9 Å². The summed E-state index contributed by atoms with van der Waals surface area (Å²) in [6, 6.07) is 0. The number of nitrogens with one attached hydrogen (secondary N) is 1. The van der Waals surface area contributed by atoms with E-state index in [2.05, 4.69) is 24.3 Å². The van der Waals surface area contributed by atoms with Crippen LogP contribution in [0.4, 0.5) is 0 Å². The van der Waals surface area contributed by atoms with Crippen molar-refractivity contribution in [3.63, 3.8) is 0 Å². The van der Waals surface area contributed by atoms with Crippen molar-refractivity contribution in [3.8, 4) is 0 Å². The lowest BCUT2D eigenvalue weighted by atomic mass is 9.79. The first kappa shape index (κ1) is 17.6. The molecule has 3 unspecified atom stereocenters. The van der Waals surface area contributed by atoms with Gasteiger partial charge < -0.3 is 24.4 Å². The molecular weight excluding hydrogens is 308 g/mol. The Morgan fingerprint density at radius 1 is 1.21 bits per heavy atom. The fourth-order valence-electron chi connectivity index (χ4n) is 3.66. The molecule has 1 amide bonds. The van der Waals surface area contributed by atoms with E-state index in [-0.39, 0.29) is 23.5 Å². The van der Waals surface area contributed by atoms with Crippen molar-refractivity contribution in [2.24, 2.45) is 5.41 Å². The molecule has 3 rings (SSSR count). The Labute approximate surface area is 143 Å². The summed E-state index contributed by atoms with van der Waals surface area (Å²) in [5, 5.41) is 3.10. The van der Waals surface area contributed by atoms with E-state index < -0.39 is 6.10 Å². The minimum Gasteiger partial charge on any atom is -0.381 e. The van der Waals surface area contributed by atoms with Crippen LogP contribution in [0, 0.1) is 5.41 Å². The average molecular weight is 336 g/mol. The van der Waals surface area contributed by atoms with E-state index in [0.29, 0.717) is 13.2 Å². The smallest absolute Gasteiger partial charge is 0.251 e. The van der Waals surface area contributed by atoms with Crippen LogP contribution in [0.1, 0.15) is 12.8 Å². The fourth-order valence-corrected chi connectivity index (χ4v) is 3.66. The summed E-state index contributed by atoms with van der Waals surface area (Å²) in [5.74, 6) is -0.0824. The van der Waals surface area contributed by atoms with Gasteiger partial charge in [-0.25, -0.2) is 0 Å². The molecule has 6 heteroatoms. The van der Waals surface area contributed by atoms with E-state index in [4.69, 9.17) is 14.2 Å². The van der Waals surface area contributed by atoms with Crippen molar-refractivity contribution in [1.29, 1.82) is 0 Å². The first-order valence-corrected chi connectivity index (χ1v) is 8.70. The monoisotopic (exact) mass is 336 g/mol. The molecule has 3 aliphatic rings. The van der Waals surface area contributed by atoms with E-state index in [9.17, 15) is 4.79 Å². The lowest BCUT2D eigenvalue weighted by Crippen LogP contribution is -2.53. The first-order valence-electron chi connectivity index (χ1n) is 8.70. The van der Waals surface area contributed by atoms with Crippen molar-refractivity contribution >= 4 is 5.91 Å². The van der Waals surface area contributed by atoms with E-state index in [1.54, 1.807) is 0 Å².